The highest BCUT2D eigenvalue weighted by atomic mass is 16.2. The van der Waals surface area contributed by atoms with Crippen LogP contribution in [0.25, 0.3) is 0 Å². The van der Waals surface area contributed by atoms with E-state index in [1.54, 1.807) is 0 Å². The fourth-order valence-electron chi connectivity index (χ4n) is 2.38. The maximum Gasteiger partial charge on any atom is 0.345 e. The summed E-state index contributed by atoms with van der Waals surface area (Å²) in [6.45, 7) is 2.01. The average Bonchev–Trinajstić information content (AvgIpc) is 2.63. The van der Waals surface area contributed by atoms with E-state index in [1.807, 2.05) is 91.9 Å². The van der Waals surface area contributed by atoms with E-state index in [1.165, 1.54) is 0 Å². The molecular formula is C21H18N2O. The fraction of sp³-hybridized carbons (Fsp3) is 0.0476. The number of hydrogen-bond acceptors (Lipinski definition) is 1. The minimum Gasteiger partial charge on any atom is -0.306 e. The molecule has 0 aliphatic rings. The van der Waals surface area contributed by atoms with E-state index < -0.39 is 0 Å². The van der Waals surface area contributed by atoms with Crippen LogP contribution in [0.4, 0.5) is 10.5 Å². The molecule has 0 aromatic heterocycles. The van der Waals surface area contributed by atoms with Crippen molar-refractivity contribution in [2.75, 3.05) is 5.32 Å². The minimum atomic E-state index is -0.387. The van der Waals surface area contributed by atoms with Gasteiger partial charge in [0.15, 0.2) is 0 Å². The Balaban J connectivity index is 1.91. The number of carbonyl (C=O) groups is 1. The third kappa shape index (κ3) is 3.96. The van der Waals surface area contributed by atoms with Crippen LogP contribution in [0.2, 0.25) is 0 Å². The number of carbonyl (C=O) groups excluding carboxylic acids is 1. The summed E-state index contributed by atoms with van der Waals surface area (Å²) in [5, 5.41) is 2.81. The fourth-order valence-corrected chi connectivity index (χ4v) is 2.38. The third-order valence-electron chi connectivity index (χ3n) is 3.61. The summed E-state index contributed by atoms with van der Waals surface area (Å²) in [7, 11) is 0. The number of nitrogens with zero attached hydrogens (tertiary/aromatic N) is 1. The van der Waals surface area contributed by atoms with Gasteiger partial charge < -0.3 is 5.32 Å². The van der Waals surface area contributed by atoms with Gasteiger partial charge in [-0.1, -0.05) is 78.4 Å². The second kappa shape index (κ2) is 7.38. The van der Waals surface area contributed by atoms with Crippen molar-refractivity contribution in [2.24, 2.45) is 4.99 Å². The topological polar surface area (TPSA) is 41.5 Å². The molecule has 0 bridgehead atoms. The molecule has 0 unspecified atom stereocenters. The molecule has 3 nitrogen and oxygen atoms in total. The predicted octanol–water partition coefficient (Wildman–Crippen LogP) is 5.06. The van der Waals surface area contributed by atoms with E-state index in [4.69, 9.17) is 0 Å². The second-order valence-electron chi connectivity index (χ2n) is 5.49. The first-order valence-electron chi connectivity index (χ1n) is 7.79. The molecule has 0 saturated heterocycles. The Hall–Kier alpha value is -3.20. The summed E-state index contributed by atoms with van der Waals surface area (Å²) in [6.07, 6.45) is 0. The van der Waals surface area contributed by atoms with E-state index >= 15 is 0 Å². The van der Waals surface area contributed by atoms with Gasteiger partial charge in [-0.2, -0.15) is 4.99 Å². The molecule has 0 heterocycles. The van der Waals surface area contributed by atoms with E-state index in [-0.39, 0.29) is 6.03 Å². The standard InChI is InChI=1S/C21H18N2O/c1-16-12-14-19(15-13-16)22-21(24)23-20(17-8-4-2-5-9-17)18-10-6-3-7-11-18/h2-15H,1H3,(H,22,24). The number of aryl methyl sites for hydroxylation is 1. The Kier molecular flexibility index (Phi) is 4.82. The molecule has 0 fully saturated rings. The zero-order chi connectivity index (χ0) is 16.8. The Morgan fingerprint density at radius 2 is 1.25 bits per heavy atom. The number of urea groups is 1. The van der Waals surface area contributed by atoms with E-state index in [0.717, 1.165) is 22.4 Å². The smallest absolute Gasteiger partial charge is 0.306 e. The van der Waals surface area contributed by atoms with Gasteiger partial charge in [-0.3, -0.25) is 0 Å². The van der Waals surface area contributed by atoms with Gasteiger partial charge in [-0.15, -0.1) is 0 Å². The summed E-state index contributed by atoms with van der Waals surface area (Å²) in [4.78, 5) is 16.7. The van der Waals surface area contributed by atoms with E-state index in [2.05, 4.69) is 10.3 Å². The number of amides is 2. The van der Waals surface area contributed by atoms with Crippen LogP contribution < -0.4 is 5.32 Å². The highest BCUT2D eigenvalue weighted by Gasteiger charge is 2.09. The van der Waals surface area contributed by atoms with Gasteiger partial charge in [-0.05, 0) is 19.1 Å². The SMILES string of the molecule is Cc1ccc(NC(=O)N=C(c2ccccc2)c2ccccc2)cc1. The maximum absolute atomic E-state index is 12.4. The van der Waals surface area contributed by atoms with Gasteiger partial charge in [-0.25, -0.2) is 4.79 Å². The van der Waals surface area contributed by atoms with Crippen molar-refractivity contribution in [3.63, 3.8) is 0 Å². The first-order chi connectivity index (χ1) is 11.7. The van der Waals surface area contributed by atoms with Gasteiger partial charge in [0.05, 0.1) is 5.71 Å². The Bertz CT molecular complexity index is 797. The number of hydrogen-bond donors (Lipinski definition) is 1. The van der Waals surface area contributed by atoms with Crippen LogP contribution in [0.5, 0.6) is 0 Å². The van der Waals surface area contributed by atoms with Gasteiger partial charge >= 0.3 is 6.03 Å². The summed E-state index contributed by atoms with van der Waals surface area (Å²) in [6, 6.07) is 26.7. The van der Waals surface area contributed by atoms with Crippen molar-refractivity contribution < 1.29 is 4.79 Å². The molecule has 0 saturated carbocycles. The van der Waals surface area contributed by atoms with Crippen molar-refractivity contribution in [2.45, 2.75) is 6.92 Å². The Morgan fingerprint density at radius 1 is 0.750 bits per heavy atom. The van der Waals surface area contributed by atoms with Crippen LogP contribution in [-0.4, -0.2) is 11.7 Å². The van der Waals surface area contributed by atoms with Crippen LogP contribution in [0, 0.1) is 6.92 Å². The first-order valence-corrected chi connectivity index (χ1v) is 7.79. The van der Waals surface area contributed by atoms with Crippen LogP contribution in [-0.2, 0) is 0 Å². The number of nitrogens with one attached hydrogen (secondary N) is 1. The largest absolute Gasteiger partial charge is 0.345 e. The van der Waals surface area contributed by atoms with Gasteiger partial charge in [0.2, 0.25) is 0 Å². The van der Waals surface area contributed by atoms with Crippen molar-refractivity contribution in [3.8, 4) is 0 Å². The lowest BCUT2D eigenvalue weighted by Crippen LogP contribution is -2.12. The maximum atomic E-state index is 12.4. The molecule has 0 aliphatic heterocycles. The lowest BCUT2D eigenvalue weighted by molar-refractivity contribution is 0.259. The molecule has 1 N–H and O–H groups in total. The lowest BCUT2D eigenvalue weighted by atomic mass is 10.0. The molecule has 0 radical (unpaired) electrons. The molecular weight excluding hydrogens is 296 g/mol. The molecule has 0 spiro atoms. The van der Waals surface area contributed by atoms with Crippen molar-refractivity contribution in [1.29, 1.82) is 0 Å². The zero-order valence-corrected chi connectivity index (χ0v) is 13.4. The molecule has 3 rings (SSSR count). The molecule has 118 valence electrons. The predicted molar refractivity (Wildman–Crippen MR) is 98.7 cm³/mol. The summed E-state index contributed by atoms with van der Waals surface area (Å²) < 4.78 is 0. The van der Waals surface area contributed by atoms with Crippen LogP contribution in [0.15, 0.2) is 89.9 Å². The van der Waals surface area contributed by atoms with Gasteiger partial charge in [0, 0.05) is 16.8 Å². The summed E-state index contributed by atoms with van der Waals surface area (Å²) in [5.41, 5.74) is 4.34. The quantitative estimate of drug-likeness (QED) is 0.674. The zero-order valence-electron chi connectivity index (χ0n) is 13.4. The number of rotatable bonds is 3. The third-order valence-corrected chi connectivity index (χ3v) is 3.61. The number of anilines is 1. The normalized spacial score (nSPS) is 10.0. The minimum absolute atomic E-state index is 0.387. The molecule has 3 aromatic carbocycles. The summed E-state index contributed by atoms with van der Waals surface area (Å²) in [5.74, 6) is 0. The highest BCUT2D eigenvalue weighted by Crippen LogP contribution is 2.13. The lowest BCUT2D eigenvalue weighted by Gasteiger charge is -2.08. The van der Waals surface area contributed by atoms with Crippen LogP contribution in [0.3, 0.4) is 0 Å². The van der Waals surface area contributed by atoms with E-state index in [9.17, 15) is 4.79 Å². The van der Waals surface area contributed by atoms with Gasteiger partial charge in [0.1, 0.15) is 0 Å². The van der Waals surface area contributed by atoms with Crippen molar-refractivity contribution in [3.05, 3.63) is 102 Å². The molecule has 3 aromatic rings. The van der Waals surface area contributed by atoms with Crippen molar-refractivity contribution in [1.82, 2.24) is 0 Å². The van der Waals surface area contributed by atoms with Crippen LogP contribution in [0.1, 0.15) is 16.7 Å². The first kappa shape index (κ1) is 15.7. The molecule has 2 amide bonds. The van der Waals surface area contributed by atoms with Gasteiger partial charge in [0.25, 0.3) is 0 Å². The van der Waals surface area contributed by atoms with E-state index in [0.29, 0.717) is 5.71 Å². The summed E-state index contributed by atoms with van der Waals surface area (Å²) >= 11 is 0. The van der Waals surface area contributed by atoms with Crippen molar-refractivity contribution >= 4 is 17.4 Å². The molecule has 0 aliphatic carbocycles. The Labute approximate surface area is 141 Å². The molecule has 24 heavy (non-hydrogen) atoms. The highest BCUT2D eigenvalue weighted by molar-refractivity contribution is 6.17. The average molecular weight is 314 g/mol. The number of aliphatic imine (C=N–C) groups is 1. The second-order valence-corrected chi connectivity index (χ2v) is 5.49. The Morgan fingerprint density at radius 3 is 1.75 bits per heavy atom. The molecule has 0 atom stereocenters. The molecule has 3 heteroatoms. The number of benzene rings is 3. The monoisotopic (exact) mass is 314 g/mol. The van der Waals surface area contributed by atoms with Crippen LogP contribution >= 0.6 is 0 Å².